The second-order valence-corrected chi connectivity index (χ2v) is 5.76. The number of pyridine rings is 1. The highest BCUT2D eigenvalue weighted by Crippen LogP contribution is 2.32. The van der Waals surface area contributed by atoms with Crippen LogP contribution < -0.4 is 0 Å². The number of esters is 1. The summed E-state index contributed by atoms with van der Waals surface area (Å²) < 4.78 is 22.9. The molecule has 4 atom stereocenters. The maximum atomic E-state index is 12.3. The van der Waals surface area contributed by atoms with Crippen LogP contribution in [0.25, 0.3) is 0 Å². The van der Waals surface area contributed by atoms with Crippen molar-refractivity contribution in [3.8, 4) is 0 Å². The molecule has 4 rings (SSSR count). The van der Waals surface area contributed by atoms with E-state index in [1.807, 2.05) is 30.3 Å². The Bertz CT molecular complexity index is 749. The fourth-order valence-corrected chi connectivity index (χ4v) is 2.84. The predicted molar refractivity (Wildman–Crippen MR) is 87.5 cm³/mol. The van der Waals surface area contributed by atoms with Crippen LogP contribution in [0.5, 0.6) is 0 Å². The topological polar surface area (TPSA) is 66.9 Å². The summed E-state index contributed by atoms with van der Waals surface area (Å²) in [6.45, 7) is 0.353. The van der Waals surface area contributed by atoms with Gasteiger partial charge in [-0.2, -0.15) is 0 Å². The Labute approximate surface area is 145 Å². The molecule has 0 aliphatic carbocycles. The fourth-order valence-electron chi connectivity index (χ4n) is 2.84. The Balaban J connectivity index is 1.49. The summed E-state index contributed by atoms with van der Waals surface area (Å²) in [7, 11) is 0. The smallest absolute Gasteiger partial charge is 0.357 e. The molecular weight excluding hydrogens is 322 g/mol. The van der Waals surface area contributed by atoms with Gasteiger partial charge >= 0.3 is 5.97 Å². The van der Waals surface area contributed by atoms with Gasteiger partial charge in [0.2, 0.25) is 0 Å². The number of carbonyl (C=O) groups is 1. The predicted octanol–water partition coefficient (Wildman–Crippen LogP) is 2.63. The minimum Gasteiger partial charge on any atom is -0.493 e. The zero-order chi connectivity index (χ0) is 17.1. The van der Waals surface area contributed by atoms with Gasteiger partial charge in [-0.25, -0.2) is 9.78 Å². The van der Waals surface area contributed by atoms with E-state index in [-0.39, 0.29) is 11.8 Å². The van der Waals surface area contributed by atoms with Crippen LogP contribution in [0.1, 0.15) is 22.3 Å². The lowest BCUT2D eigenvalue weighted by molar-refractivity contribution is -0.276. The van der Waals surface area contributed by atoms with Gasteiger partial charge in [0.05, 0.1) is 12.9 Å². The zero-order valence-corrected chi connectivity index (χ0v) is 13.4. The van der Waals surface area contributed by atoms with Crippen LogP contribution in [0.2, 0.25) is 0 Å². The maximum absolute atomic E-state index is 12.3. The molecule has 0 saturated carbocycles. The van der Waals surface area contributed by atoms with Gasteiger partial charge in [-0.1, -0.05) is 36.4 Å². The van der Waals surface area contributed by atoms with E-state index in [9.17, 15) is 4.79 Å². The molecule has 128 valence electrons. The van der Waals surface area contributed by atoms with Gasteiger partial charge in [-0.3, -0.25) is 0 Å². The zero-order valence-electron chi connectivity index (χ0n) is 13.4. The van der Waals surface area contributed by atoms with E-state index in [1.54, 1.807) is 30.5 Å². The molecular formula is C19H17NO5. The number of hydrogen-bond acceptors (Lipinski definition) is 6. The van der Waals surface area contributed by atoms with E-state index in [0.29, 0.717) is 6.61 Å². The Morgan fingerprint density at radius 3 is 2.76 bits per heavy atom. The quantitative estimate of drug-likeness (QED) is 0.801. The second-order valence-electron chi connectivity index (χ2n) is 5.76. The fraction of sp³-hybridized carbons (Fsp3) is 0.263. The summed E-state index contributed by atoms with van der Waals surface area (Å²) in [5.74, 6) is -0.498. The number of benzene rings is 1. The van der Waals surface area contributed by atoms with E-state index in [1.165, 1.54) is 6.26 Å². The lowest BCUT2D eigenvalue weighted by Crippen LogP contribution is -2.50. The number of ether oxygens (including phenoxy) is 4. The van der Waals surface area contributed by atoms with Crippen LogP contribution in [0.15, 0.2) is 67.1 Å². The summed E-state index contributed by atoms with van der Waals surface area (Å²) in [6, 6.07) is 14.7. The van der Waals surface area contributed by atoms with Crippen molar-refractivity contribution in [2.75, 3.05) is 6.61 Å². The van der Waals surface area contributed by atoms with Crippen molar-refractivity contribution in [2.45, 2.75) is 24.6 Å². The molecule has 1 unspecified atom stereocenters. The average Bonchev–Trinajstić information content (AvgIpc) is 2.69. The number of fused-ring (bicyclic) bond motifs is 1. The number of carbonyl (C=O) groups excluding carboxylic acids is 1. The molecule has 25 heavy (non-hydrogen) atoms. The lowest BCUT2D eigenvalue weighted by Gasteiger charge is -2.40. The maximum Gasteiger partial charge on any atom is 0.357 e. The summed E-state index contributed by atoms with van der Waals surface area (Å²) in [5, 5.41) is 0. The largest absolute Gasteiger partial charge is 0.493 e. The van der Waals surface area contributed by atoms with Gasteiger partial charge in [0, 0.05) is 11.8 Å². The highest BCUT2D eigenvalue weighted by Gasteiger charge is 2.42. The van der Waals surface area contributed by atoms with Gasteiger partial charge in [-0.05, 0) is 18.2 Å². The highest BCUT2D eigenvalue weighted by molar-refractivity contribution is 5.87. The summed E-state index contributed by atoms with van der Waals surface area (Å²) >= 11 is 0. The molecule has 1 aromatic heterocycles. The Morgan fingerprint density at radius 1 is 1.12 bits per heavy atom. The Morgan fingerprint density at radius 2 is 1.96 bits per heavy atom. The number of aromatic nitrogens is 1. The molecule has 0 bridgehead atoms. The van der Waals surface area contributed by atoms with E-state index in [4.69, 9.17) is 18.9 Å². The molecule has 1 fully saturated rings. The number of nitrogens with zero attached hydrogens (tertiary/aromatic N) is 1. The van der Waals surface area contributed by atoms with Crippen LogP contribution in [0, 0.1) is 0 Å². The van der Waals surface area contributed by atoms with Crippen molar-refractivity contribution in [2.24, 2.45) is 0 Å². The van der Waals surface area contributed by atoms with Crippen molar-refractivity contribution in [3.63, 3.8) is 0 Å². The highest BCUT2D eigenvalue weighted by atomic mass is 16.7. The normalized spacial score (nSPS) is 27.8. The molecule has 0 N–H and O–H groups in total. The minimum atomic E-state index is -0.566. The molecule has 0 radical (unpaired) electrons. The molecule has 6 heteroatoms. The first kappa shape index (κ1) is 15.8. The summed E-state index contributed by atoms with van der Waals surface area (Å²) in [4.78, 5) is 16.3. The average molecular weight is 339 g/mol. The van der Waals surface area contributed by atoms with E-state index in [0.717, 1.165) is 5.56 Å². The first-order valence-electron chi connectivity index (χ1n) is 8.07. The molecule has 6 nitrogen and oxygen atoms in total. The van der Waals surface area contributed by atoms with Crippen molar-refractivity contribution in [3.05, 3.63) is 78.3 Å². The van der Waals surface area contributed by atoms with Crippen molar-refractivity contribution < 1.29 is 23.7 Å². The third-order valence-corrected chi connectivity index (χ3v) is 4.09. The molecule has 3 heterocycles. The van der Waals surface area contributed by atoms with Crippen LogP contribution >= 0.6 is 0 Å². The van der Waals surface area contributed by atoms with Crippen molar-refractivity contribution in [1.29, 1.82) is 0 Å². The summed E-state index contributed by atoms with van der Waals surface area (Å²) in [6.07, 6.45) is 2.89. The summed E-state index contributed by atoms with van der Waals surface area (Å²) in [5.41, 5.74) is 1.16. The molecule has 2 aliphatic heterocycles. The van der Waals surface area contributed by atoms with Gasteiger partial charge in [0.1, 0.15) is 11.8 Å². The van der Waals surface area contributed by atoms with Gasteiger partial charge in [-0.15, -0.1) is 0 Å². The van der Waals surface area contributed by atoms with E-state index >= 15 is 0 Å². The Kier molecular flexibility index (Phi) is 4.45. The third kappa shape index (κ3) is 3.40. The van der Waals surface area contributed by atoms with Crippen molar-refractivity contribution in [1.82, 2.24) is 4.98 Å². The van der Waals surface area contributed by atoms with Gasteiger partial charge in [0.15, 0.2) is 18.5 Å². The van der Waals surface area contributed by atoms with Crippen LogP contribution in [0.4, 0.5) is 0 Å². The van der Waals surface area contributed by atoms with Crippen LogP contribution in [-0.4, -0.2) is 35.9 Å². The van der Waals surface area contributed by atoms with Crippen molar-refractivity contribution >= 4 is 5.97 Å². The number of hydrogen-bond donors (Lipinski definition) is 0. The first-order valence-corrected chi connectivity index (χ1v) is 8.07. The lowest BCUT2D eigenvalue weighted by atomic mass is 10.0. The number of rotatable bonds is 3. The monoisotopic (exact) mass is 339 g/mol. The second kappa shape index (κ2) is 7.04. The van der Waals surface area contributed by atoms with Gasteiger partial charge < -0.3 is 18.9 Å². The molecule has 0 spiro atoms. The minimum absolute atomic E-state index is 0.255. The van der Waals surface area contributed by atoms with Crippen LogP contribution in [-0.2, 0) is 18.9 Å². The third-order valence-electron chi connectivity index (χ3n) is 4.09. The Hall–Kier alpha value is -2.70. The molecule has 0 amide bonds. The first-order chi connectivity index (χ1) is 12.3. The van der Waals surface area contributed by atoms with Crippen LogP contribution in [0.3, 0.4) is 0 Å². The van der Waals surface area contributed by atoms with E-state index in [2.05, 4.69) is 4.98 Å². The SMILES string of the molecule is O=C(O[C@@H]1C=CO[C@@H]2COC(c3ccccc3)O[C@@H]12)c1ccccn1. The molecule has 2 aliphatic rings. The molecule has 1 saturated heterocycles. The standard InChI is InChI=1S/C19H17NO5/c21-18(14-8-4-5-10-20-14)24-15-9-11-22-16-12-23-19(25-17(15)16)13-6-2-1-3-7-13/h1-11,15-17,19H,12H2/t15-,16-,17+,19?/m1/s1. The van der Waals surface area contributed by atoms with Gasteiger partial charge in [0.25, 0.3) is 0 Å². The van der Waals surface area contributed by atoms with E-state index < -0.39 is 24.5 Å². The molecule has 1 aromatic carbocycles. The molecule has 2 aromatic rings.